The number of hydrogen-bond donors (Lipinski definition) is 2. The number of H-pyrrole nitrogens is 1. The van der Waals surface area contributed by atoms with E-state index in [0.29, 0.717) is 18.9 Å². The predicted octanol–water partition coefficient (Wildman–Crippen LogP) is 5.61. The lowest BCUT2D eigenvalue weighted by Crippen LogP contribution is -2.41. The van der Waals surface area contributed by atoms with E-state index < -0.39 is 0 Å². The first kappa shape index (κ1) is 23.2. The summed E-state index contributed by atoms with van der Waals surface area (Å²) in [5.41, 5.74) is 5.24. The molecule has 0 saturated heterocycles. The normalized spacial score (nSPS) is 11.7. The van der Waals surface area contributed by atoms with Crippen molar-refractivity contribution in [3.8, 4) is 22.5 Å². The Balaban J connectivity index is 1.48. The minimum atomic E-state index is -0.0534. The molecule has 2 N–H and O–H groups in total. The van der Waals surface area contributed by atoms with E-state index in [4.69, 9.17) is 0 Å². The second kappa shape index (κ2) is 11.2. The summed E-state index contributed by atoms with van der Waals surface area (Å²) < 4.78 is 0. The number of aromatic amines is 1. The lowest BCUT2D eigenvalue weighted by atomic mass is 9.98. The number of aromatic nitrogens is 4. The summed E-state index contributed by atoms with van der Waals surface area (Å²) in [4.78, 5) is 15.0. The van der Waals surface area contributed by atoms with Gasteiger partial charge in [-0.25, -0.2) is 9.89 Å². The second-order valence-corrected chi connectivity index (χ2v) is 8.35. The van der Waals surface area contributed by atoms with Gasteiger partial charge in [0.05, 0.1) is 6.04 Å². The van der Waals surface area contributed by atoms with Crippen molar-refractivity contribution >= 4 is 6.03 Å². The first-order valence-corrected chi connectivity index (χ1v) is 11.7. The zero-order valence-electron chi connectivity index (χ0n) is 19.6. The lowest BCUT2D eigenvalue weighted by molar-refractivity contribution is 0.191. The quantitative estimate of drug-likeness (QED) is 0.344. The van der Waals surface area contributed by atoms with Gasteiger partial charge in [0.25, 0.3) is 0 Å². The van der Waals surface area contributed by atoms with Crippen molar-refractivity contribution in [3.63, 3.8) is 0 Å². The van der Waals surface area contributed by atoms with Crippen LogP contribution in [0, 0.1) is 0 Å². The highest BCUT2D eigenvalue weighted by atomic mass is 16.2. The van der Waals surface area contributed by atoms with Gasteiger partial charge in [0.15, 0.2) is 5.82 Å². The molecule has 1 aromatic heterocycles. The number of carbonyl (C=O) groups excluding carboxylic acids is 1. The van der Waals surface area contributed by atoms with Gasteiger partial charge in [0.2, 0.25) is 0 Å². The average molecular weight is 455 g/mol. The molecule has 2 amide bonds. The number of nitrogens with zero attached hydrogens (tertiary/aromatic N) is 4. The maximum atomic E-state index is 13.1. The Kier molecular flexibility index (Phi) is 7.65. The molecule has 0 aliphatic rings. The van der Waals surface area contributed by atoms with Gasteiger partial charge >= 0.3 is 6.03 Å². The van der Waals surface area contributed by atoms with Crippen LogP contribution in [0.2, 0.25) is 0 Å². The third kappa shape index (κ3) is 5.67. The summed E-state index contributed by atoms with van der Waals surface area (Å²) in [5, 5.41) is 17.4. The maximum absolute atomic E-state index is 13.1. The third-order valence-electron chi connectivity index (χ3n) is 5.87. The van der Waals surface area contributed by atoms with Crippen molar-refractivity contribution in [1.82, 2.24) is 30.8 Å². The molecule has 0 radical (unpaired) electrons. The molecule has 7 nitrogen and oxygen atoms in total. The molecule has 0 spiro atoms. The predicted molar refractivity (Wildman–Crippen MR) is 134 cm³/mol. The summed E-state index contributed by atoms with van der Waals surface area (Å²) in [6.07, 6.45) is 1.99. The molecule has 4 aromatic rings. The minimum absolute atomic E-state index is 0.0444. The summed E-state index contributed by atoms with van der Waals surface area (Å²) >= 11 is 0. The number of tetrazole rings is 1. The van der Waals surface area contributed by atoms with E-state index in [1.54, 1.807) is 0 Å². The Bertz CT molecular complexity index is 1180. The van der Waals surface area contributed by atoms with Crippen LogP contribution in [0.25, 0.3) is 22.5 Å². The molecule has 0 bridgehead atoms. The fourth-order valence-electron chi connectivity index (χ4n) is 3.93. The average Bonchev–Trinajstić information content (AvgIpc) is 3.42. The topological polar surface area (TPSA) is 86.8 Å². The SMILES string of the molecule is CCCCN(Cc1ccc(-c2ccccc2-c2nnn[nH]2)cc1)C(=O)N[C@H](C)c1ccccc1. The van der Waals surface area contributed by atoms with E-state index in [1.807, 2.05) is 60.4 Å². The van der Waals surface area contributed by atoms with Crippen molar-refractivity contribution in [2.75, 3.05) is 6.54 Å². The van der Waals surface area contributed by atoms with Crippen LogP contribution < -0.4 is 5.32 Å². The number of unbranched alkanes of at least 4 members (excludes halogenated alkanes) is 1. The highest BCUT2D eigenvalue weighted by Gasteiger charge is 2.17. The first-order chi connectivity index (χ1) is 16.7. The van der Waals surface area contributed by atoms with Crippen LogP contribution in [0.1, 0.15) is 43.9 Å². The van der Waals surface area contributed by atoms with Crippen molar-refractivity contribution in [2.24, 2.45) is 0 Å². The van der Waals surface area contributed by atoms with E-state index >= 15 is 0 Å². The van der Waals surface area contributed by atoms with Gasteiger partial charge in [-0.15, -0.1) is 5.10 Å². The molecule has 34 heavy (non-hydrogen) atoms. The van der Waals surface area contributed by atoms with E-state index in [9.17, 15) is 4.79 Å². The molecule has 0 fully saturated rings. The lowest BCUT2D eigenvalue weighted by Gasteiger charge is -2.25. The Labute approximate surface area is 200 Å². The molecule has 1 atom stereocenters. The van der Waals surface area contributed by atoms with Crippen LogP contribution in [0.15, 0.2) is 78.9 Å². The van der Waals surface area contributed by atoms with Gasteiger partial charge in [-0.2, -0.15) is 0 Å². The third-order valence-corrected chi connectivity index (χ3v) is 5.87. The van der Waals surface area contributed by atoms with E-state index in [0.717, 1.165) is 40.7 Å². The van der Waals surface area contributed by atoms with Crippen LogP contribution >= 0.6 is 0 Å². The summed E-state index contributed by atoms with van der Waals surface area (Å²) in [7, 11) is 0. The minimum Gasteiger partial charge on any atom is -0.331 e. The van der Waals surface area contributed by atoms with Gasteiger partial charge < -0.3 is 10.2 Å². The van der Waals surface area contributed by atoms with E-state index in [-0.39, 0.29) is 12.1 Å². The largest absolute Gasteiger partial charge is 0.331 e. The molecule has 3 aromatic carbocycles. The zero-order chi connectivity index (χ0) is 23.8. The Morgan fingerprint density at radius 3 is 2.35 bits per heavy atom. The van der Waals surface area contributed by atoms with Gasteiger partial charge in [-0.3, -0.25) is 0 Å². The van der Waals surface area contributed by atoms with Crippen molar-refractivity contribution in [2.45, 2.75) is 39.3 Å². The number of hydrogen-bond acceptors (Lipinski definition) is 4. The maximum Gasteiger partial charge on any atom is 0.318 e. The molecule has 0 unspecified atom stereocenters. The van der Waals surface area contributed by atoms with Crippen LogP contribution in [-0.2, 0) is 6.54 Å². The number of benzene rings is 3. The smallest absolute Gasteiger partial charge is 0.318 e. The Morgan fingerprint density at radius 2 is 1.68 bits per heavy atom. The van der Waals surface area contributed by atoms with Crippen molar-refractivity contribution in [3.05, 3.63) is 90.0 Å². The van der Waals surface area contributed by atoms with Gasteiger partial charge in [-0.1, -0.05) is 92.2 Å². The first-order valence-electron chi connectivity index (χ1n) is 11.7. The van der Waals surface area contributed by atoms with Crippen LogP contribution in [0.4, 0.5) is 4.79 Å². The molecule has 4 rings (SSSR count). The Hall–Kier alpha value is -4.00. The molecule has 0 saturated carbocycles. The summed E-state index contributed by atoms with van der Waals surface area (Å²) in [6.45, 7) is 5.43. The van der Waals surface area contributed by atoms with Crippen molar-refractivity contribution < 1.29 is 4.79 Å². The van der Waals surface area contributed by atoms with E-state index in [2.05, 4.69) is 63.2 Å². The molecule has 7 heteroatoms. The van der Waals surface area contributed by atoms with Crippen LogP contribution in [0.5, 0.6) is 0 Å². The highest BCUT2D eigenvalue weighted by Crippen LogP contribution is 2.29. The second-order valence-electron chi connectivity index (χ2n) is 8.35. The van der Waals surface area contributed by atoms with Crippen LogP contribution in [0.3, 0.4) is 0 Å². The molecular formula is C27H30N6O. The number of rotatable bonds is 9. The summed E-state index contributed by atoms with van der Waals surface area (Å²) in [5.74, 6) is 0.634. The number of amides is 2. The van der Waals surface area contributed by atoms with Crippen LogP contribution in [-0.4, -0.2) is 38.1 Å². The van der Waals surface area contributed by atoms with Crippen molar-refractivity contribution in [1.29, 1.82) is 0 Å². The fraction of sp³-hybridized carbons (Fsp3) is 0.259. The number of carbonyl (C=O) groups is 1. The Morgan fingerprint density at radius 1 is 0.971 bits per heavy atom. The molecule has 174 valence electrons. The highest BCUT2D eigenvalue weighted by molar-refractivity contribution is 5.80. The zero-order valence-corrected chi connectivity index (χ0v) is 19.6. The molecule has 1 heterocycles. The van der Waals surface area contributed by atoms with Gasteiger partial charge in [0.1, 0.15) is 0 Å². The molecule has 0 aliphatic heterocycles. The molecule has 0 aliphatic carbocycles. The summed E-state index contributed by atoms with van der Waals surface area (Å²) in [6, 6.07) is 26.3. The fourth-order valence-corrected chi connectivity index (χ4v) is 3.93. The van der Waals surface area contributed by atoms with E-state index in [1.165, 1.54) is 0 Å². The molecular weight excluding hydrogens is 424 g/mol. The number of nitrogens with one attached hydrogen (secondary N) is 2. The number of urea groups is 1. The van der Waals surface area contributed by atoms with Gasteiger partial charge in [0, 0.05) is 18.7 Å². The monoisotopic (exact) mass is 454 g/mol. The standard InChI is InChI=1S/C27H30N6O/c1-3-4-18-33(27(34)28-20(2)22-10-6-5-7-11-22)19-21-14-16-23(17-15-21)24-12-8-9-13-25(24)26-29-31-32-30-26/h5-17,20H,3-4,18-19H2,1-2H3,(H,28,34)(H,29,30,31,32)/t20-/m1/s1. The van der Waals surface area contributed by atoms with Gasteiger partial charge in [-0.05, 0) is 46.0 Å².